The third-order valence-corrected chi connectivity index (χ3v) is 2.53. The molecule has 0 aliphatic heterocycles. The Kier molecular flexibility index (Phi) is 4.92. The van der Waals surface area contributed by atoms with Gasteiger partial charge in [0.15, 0.2) is 0 Å². The highest BCUT2D eigenvalue weighted by Gasteiger charge is 2.08. The predicted molar refractivity (Wildman–Crippen MR) is 63.3 cm³/mol. The van der Waals surface area contributed by atoms with Crippen molar-refractivity contribution in [3.05, 3.63) is 24.0 Å². The molecule has 88 valence electrons. The molecule has 0 saturated heterocycles. The van der Waals surface area contributed by atoms with Gasteiger partial charge in [0.1, 0.15) is 0 Å². The van der Waals surface area contributed by atoms with Gasteiger partial charge in [-0.3, -0.25) is 9.78 Å². The topological polar surface area (TPSA) is 53.4 Å². The molecule has 4 heteroatoms. The van der Waals surface area contributed by atoms with Gasteiger partial charge in [-0.1, -0.05) is 6.92 Å². The molecule has 1 aromatic rings. The number of carbonyl (C=O) groups excluding carboxylic acids is 1. The minimum Gasteiger partial charge on any atom is -0.393 e. The number of pyridine rings is 1. The second-order valence-electron chi connectivity index (χ2n) is 3.81. The van der Waals surface area contributed by atoms with E-state index in [0.717, 1.165) is 17.8 Å². The Labute approximate surface area is 95.9 Å². The number of aliphatic hydroxyl groups is 1. The third kappa shape index (κ3) is 3.62. The van der Waals surface area contributed by atoms with Gasteiger partial charge in [0.2, 0.25) is 6.41 Å². The van der Waals surface area contributed by atoms with Crippen molar-refractivity contribution < 1.29 is 9.90 Å². The highest BCUT2D eigenvalue weighted by molar-refractivity contribution is 5.74. The molecular weight excluding hydrogens is 204 g/mol. The molecule has 0 radical (unpaired) electrons. The van der Waals surface area contributed by atoms with Crippen LogP contribution in [0.15, 0.2) is 18.3 Å². The molecule has 1 N–H and O–H groups in total. The van der Waals surface area contributed by atoms with Crippen molar-refractivity contribution in [1.29, 1.82) is 0 Å². The number of aryl methyl sites for hydroxylation is 1. The van der Waals surface area contributed by atoms with E-state index in [1.807, 2.05) is 26.0 Å². The minimum absolute atomic E-state index is 0.346. The second-order valence-corrected chi connectivity index (χ2v) is 3.81. The van der Waals surface area contributed by atoms with Crippen LogP contribution < -0.4 is 4.90 Å². The Hall–Kier alpha value is -1.42. The van der Waals surface area contributed by atoms with Crippen LogP contribution in [-0.4, -0.2) is 29.1 Å². The average molecular weight is 222 g/mol. The Morgan fingerprint density at radius 1 is 1.56 bits per heavy atom. The Morgan fingerprint density at radius 3 is 2.81 bits per heavy atom. The van der Waals surface area contributed by atoms with Gasteiger partial charge in [-0.2, -0.15) is 0 Å². The number of aromatic nitrogens is 1. The van der Waals surface area contributed by atoms with Crippen LogP contribution >= 0.6 is 0 Å². The van der Waals surface area contributed by atoms with E-state index in [2.05, 4.69) is 4.98 Å². The monoisotopic (exact) mass is 222 g/mol. The molecule has 1 rings (SSSR count). The number of aliphatic hydroxyl groups excluding tert-OH is 1. The van der Waals surface area contributed by atoms with Crippen molar-refractivity contribution in [2.24, 2.45) is 0 Å². The molecule has 0 aromatic carbocycles. The molecule has 0 saturated carbocycles. The van der Waals surface area contributed by atoms with E-state index < -0.39 is 0 Å². The van der Waals surface area contributed by atoms with E-state index in [0.29, 0.717) is 19.4 Å². The van der Waals surface area contributed by atoms with Gasteiger partial charge in [-0.05, 0) is 31.9 Å². The van der Waals surface area contributed by atoms with Crippen molar-refractivity contribution in [2.45, 2.75) is 32.8 Å². The summed E-state index contributed by atoms with van der Waals surface area (Å²) in [7, 11) is 0. The highest BCUT2D eigenvalue weighted by Crippen LogP contribution is 2.12. The van der Waals surface area contributed by atoms with Gasteiger partial charge in [0, 0.05) is 12.2 Å². The lowest BCUT2D eigenvalue weighted by Crippen LogP contribution is -2.25. The normalized spacial score (nSPS) is 12.2. The van der Waals surface area contributed by atoms with Gasteiger partial charge < -0.3 is 10.0 Å². The summed E-state index contributed by atoms with van der Waals surface area (Å²) in [5.74, 6) is 0. The predicted octanol–water partition coefficient (Wildman–Crippen LogP) is 1.51. The van der Waals surface area contributed by atoms with Crippen LogP contribution in [0.1, 0.15) is 25.5 Å². The lowest BCUT2D eigenvalue weighted by molar-refractivity contribution is -0.107. The first-order valence-electron chi connectivity index (χ1n) is 5.50. The Balaban J connectivity index is 2.60. The van der Waals surface area contributed by atoms with Crippen molar-refractivity contribution in [3.8, 4) is 0 Å². The zero-order chi connectivity index (χ0) is 12.0. The lowest BCUT2D eigenvalue weighted by Gasteiger charge is -2.18. The summed E-state index contributed by atoms with van der Waals surface area (Å²) >= 11 is 0. The summed E-state index contributed by atoms with van der Waals surface area (Å²) in [6.07, 6.45) is 3.39. The van der Waals surface area contributed by atoms with E-state index in [4.69, 9.17) is 0 Å². The fourth-order valence-corrected chi connectivity index (χ4v) is 1.36. The van der Waals surface area contributed by atoms with E-state index in [1.54, 1.807) is 11.1 Å². The first kappa shape index (κ1) is 12.6. The summed E-state index contributed by atoms with van der Waals surface area (Å²) in [6.45, 7) is 4.34. The van der Waals surface area contributed by atoms with Gasteiger partial charge in [-0.25, -0.2) is 0 Å². The minimum atomic E-state index is -0.346. The van der Waals surface area contributed by atoms with Gasteiger partial charge in [0.05, 0.1) is 18.0 Å². The molecule has 4 nitrogen and oxygen atoms in total. The fourth-order valence-electron chi connectivity index (χ4n) is 1.36. The van der Waals surface area contributed by atoms with E-state index >= 15 is 0 Å². The first-order chi connectivity index (χ1) is 7.67. The smallest absolute Gasteiger partial charge is 0.214 e. The lowest BCUT2D eigenvalue weighted by atomic mass is 10.2. The number of hydrogen-bond donors (Lipinski definition) is 1. The molecule has 1 aromatic heterocycles. The van der Waals surface area contributed by atoms with Crippen LogP contribution in [0.25, 0.3) is 0 Å². The number of nitrogens with zero attached hydrogens (tertiary/aromatic N) is 2. The van der Waals surface area contributed by atoms with Crippen LogP contribution in [0.5, 0.6) is 0 Å². The van der Waals surface area contributed by atoms with Crippen LogP contribution in [0, 0.1) is 6.92 Å². The zero-order valence-corrected chi connectivity index (χ0v) is 9.76. The standard InChI is InChI=1S/C12H18N2O2/c1-3-12(16)6-7-14(9-15)11-5-4-10(2)13-8-11/h4-5,8-9,12,16H,3,6-7H2,1-2H3. The molecule has 16 heavy (non-hydrogen) atoms. The largest absolute Gasteiger partial charge is 0.393 e. The Bertz CT molecular complexity index is 324. The molecule has 0 aliphatic carbocycles. The number of anilines is 1. The van der Waals surface area contributed by atoms with Crippen molar-refractivity contribution in [2.75, 3.05) is 11.4 Å². The quantitative estimate of drug-likeness (QED) is 0.742. The SMILES string of the molecule is CCC(O)CCN(C=O)c1ccc(C)nc1. The maximum atomic E-state index is 10.9. The van der Waals surface area contributed by atoms with Crippen LogP contribution in [0.2, 0.25) is 0 Å². The van der Waals surface area contributed by atoms with Gasteiger partial charge >= 0.3 is 0 Å². The molecule has 1 atom stereocenters. The number of carbonyl (C=O) groups is 1. The van der Waals surface area contributed by atoms with E-state index in [9.17, 15) is 9.90 Å². The number of rotatable bonds is 6. The molecule has 0 fully saturated rings. The summed E-state index contributed by atoms with van der Waals surface area (Å²) in [4.78, 5) is 16.6. The van der Waals surface area contributed by atoms with Crippen LogP contribution in [0.3, 0.4) is 0 Å². The van der Waals surface area contributed by atoms with E-state index in [-0.39, 0.29) is 6.10 Å². The molecule has 1 unspecified atom stereocenters. The van der Waals surface area contributed by atoms with Crippen molar-refractivity contribution in [1.82, 2.24) is 4.98 Å². The maximum Gasteiger partial charge on any atom is 0.214 e. The molecule has 0 bridgehead atoms. The van der Waals surface area contributed by atoms with Gasteiger partial charge in [-0.15, -0.1) is 0 Å². The molecule has 1 heterocycles. The number of hydrogen-bond acceptors (Lipinski definition) is 3. The van der Waals surface area contributed by atoms with Crippen molar-refractivity contribution in [3.63, 3.8) is 0 Å². The fraction of sp³-hybridized carbons (Fsp3) is 0.500. The molecular formula is C12H18N2O2. The second kappa shape index (κ2) is 6.23. The van der Waals surface area contributed by atoms with E-state index in [1.165, 1.54) is 0 Å². The van der Waals surface area contributed by atoms with Crippen LogP contribution in [0.4, 0.5) is 5.69 Å². The summed E-state index contributed by atoms with van der Waals surface area (Å²) in [5.41, 5.74) is 1.69. The molecule has 0 spiro atoms. The summed E-state index contributed by atoms with van der Waals surface area (Å²) < 4.78 is 0. The molecule has 0 aliphatic rings. The maximum absolute atomic E-state index is 10.9. The average Bonchev–Trinajstić information content (AvgIpc) is 2.31. The zero-order valence-electron chi connectivity index (χ0n) is 9.76. The van der Waals surface area contributed by atoms with Crippen LogP contribution in [-0.2, 0) is 4.79 Å². The first-order valence-corrected chi connectivity index (χ1v) is 5.50. The molecule has 1 amide bonds. The van der Waals surface area contributed by atoms with Crippen molar-refractivity contribution >= 4 is 12.1 Å². The highest BCUT2D eigenvalue weighted by atomic mass is 16.3. The van der Waals surface area contributed by atoms with Gasteiger partial charge in [0.25, 0.3) is 0 Å². The summed E-state index contributed by atoms with van der Waals surface area (Å²) in [5, 5.41) is 9.44. The third-order valence-electron chi connectivity index (χ3n) is 2.53. The summed E-state index contributed by atoms with van der Waals surface area (Å²) in [6, 6.07) is 3.72. The number of amides is 1. The Morgan fingerprint density at radius 2 is 2.31 bits per heavy atom.